The van der Waals surface area contributed by atoms with Crippen LogP contribution in [0.3, 0.4) is 0 Å². The summed E-state index contributed by atoms with van der Waals surface area (Å²) in [6.07, 6.45) is 8.39. The van der Waals surface area contributed by atoms with E-state index in [1.54, 1.807) is 4.90 Å². The van der Waals surface area contributed by atoms with Gasteiger partial charge in [0.25, 0.3) is 0 Å². The van der Waals surface area contributed by atoms with E-state index in [-0.39, 0.29) is 17.5 Å². The van der Waals surface area contributed by atoms with Crippen LogP contribution in [0.5, 0.6) is 0 Å². The first kappa shape index (κ1) is 16.7. The molecule has 122 valence electrons. The third kappa shape index (κ3) is 5.23. The Hall–Kier alpha value is -0.660. The van der Waals surface area contributed by atoms with Crippen LogP contribution in [0, 0.1) is 0 Å². The van der Waals surface area contributed by atoms with Gasteiger partial charge in [0.1, 0.15) is 0 Å². The summed E-state index contributed by atoms with van der Waals surface area (Å²) in [4.78, 5) is 14.2. The summed E-state index contributed by atoms with van der Waals surface area (Å²) in [7, 11) is -3.22. The summed E-state index contributed by atoms with van der Waals surface area (Å²) in [5.41, 5.74) is 5.99. The number of nitrogens with two attached hydrogens (primary N) is 1. The van der Waals surface area contributed by atoms with Gasteiger partial charge < -0.3 is 10.6 Å². The molecule has 0 aromatic heterocycles. The van der Waals surface area contributed by atoms with E-state index >= 15 is 0 Å². The van der Waals surface area contributed by atoms with Crippen molar-refractivity contribution in [2.45, 2.75) is 62.9 Å². The molecule has 1 atom stereocenters. The highest BCUT2D eigenvalue weighted by Crippen LogP contribution is 2.29. The lowest BCUT2D eigenvalue weighted by Gasteiger charge is -2.37. The summed E-state index contributed by atoms with van der Waals surface area (Å²) in [5.74, 6) is 0.0689. The molecule has 0 bridgehead atoms. The Morgan fingerprint density at radius 1 is 1.29 bits per heavy atom. The lowest BCUT2D eigenvalue weighted by atomic mass is 9.80. The average molecular weight is 317 g/mol. The number of nitrogens with zero attached hydrogens (tertiary/aromatic N) is 1. The molecule has 21 heavy (non-hydrogen) atoms. The lowest BCUT2D eigenvalue weighted by Crippen LogP contribution is -2.52. The van der Waals surface area contributed by atoms with Crippen LogP contribution in [0.15, 0.2) is 0 Å². The highest BCUT2D eigenvalue weighted by atomic mass is 32.2. The third-order valence-electron chi connectivity index (χ3n) is 4.51. The number of carbonyl (C=O) groups excluding carboxylic acids is 1. The molecule has 1 saturated carbocycles. The van der Waals surface area contributed by atoms with E-state index < -0.39 is 10.0 Å². The molecule has 0 aromatic carbocycles. The van der Waals surface area contributed by atoms with Crippen molar-refractivity contribution in [1.29, 1.82) is 0 Å². The van der Waals surface area contributed by atoms with Crippen molar-refractivity contribution in [3.05, 3.63) is 0 Å². The van der Waals surface area contributed by atoms with Crippen LogP contribution in [-0.4, -0.2) is 50.2 Å². The molecule has 2 aliphatic rings. The van der Waals surface area contributed by atoms with E-state index in [4.69, 9.17) is 5.73 Å². The SMILES string of the molecule is CS(=O)(=O)NC1CCCN(C(=O)CC2(N)CCCCC2)C1. The molecule has 1 amide bonds. The minimum absolute atomic E-state index is 0.0689. The Morgan fingerprint density at radius 3 is 2.57 bits per heavy atom. The molecule has 0 radical (unpaired) electrons. The Labute approximate surface area is 127 Å². The average Bonchev–Trinajstić information content (AvgIpc) is 2.37. The van der Waals surface area contributed by atoms with Crippen LogP contribution in [0.2, 0.25) is 0 Å². The number of carbonyl (C=O) groups is 1. The van der Waals surface area contributed by atoms with E-state index in [0.717, 1.165) is 44.8 Å². The number of sulfonamides is 1. The predicted octanol–water partition coefficient (Wildman–Crippen LogP) is 0.578. The van der Waals surface area contributed by atoms with Gasteiger partial charge in [0.2, 0.25) is 15.9 Å². The Balaban J connectivity index is 1.89. The third-order valence-corrected chi connectivity index (χ3v) is 5.27. The van der Waals surface area contributed by atoms with Crippen molar-refractivity contribution >= 4 is 15.9 Å². The van der Waals surface area contributed by atoms with E-state index in [9.17, 15) is 13.2 Å². The zero-order valence-electron chi connectivity index (χ0n) is 12.8. The second-order valence-electron chi connectivity index (χ2n) is 6.67. The number of rotatable bonds is 4. The van der Waals surface area contributed by atoms with Crippen molar-refractivity contribution in [3.8, 4) is 0 Å². The normalized spacial score (nSPS) is 26.6. The first-order valence-corrected chi connectivity index (χ1v) is 9.71. The summed E-state index contributed by atoms with van der Waals surface area (Å²) < 4.78 is 25.2. The number of nitrogens with one attached hydrogen (secondary N) is 1. The van der Waals surface area contributed by atoms with E-state index in [0.29, 0.717) is 19.5 Å². The molecule has 1 unspecified atom stereocenters. The Kier molecular flexibility index (Phi) is 5.27. The van der Waals surface area contributed by atoms with Gasteiger partial charge in [-0.3, -0.25) is 4.79 Å². The molecule has 0 spiro atoms. The van der Waals surface area contributed by atoms with Gasteiger partial charge in [0, 0.05) is 31.1 Å². The molecule has 1 heterocycles. The first-order chi connectivity index (χ1) is 9.77. The lowest BCUT2D eigenvalue weighted by molar-refractivity contribution is -0.134. The van der Waals surface area contributed by atoms with Gasteiger partial charge in [0.05, 0.1) is 6.26 Å². The predicted molar refractivity (Wildman–Crippen MR) is 82.2 cm³/mol. The van der Waals surface area contributed by atoms with E-state index in [2.05, 4.69) is 4.72 Å². The standard InChI is InChI=1S/C14H27N3O3S/c1-21(19,20)16-12-6-5-9-17(11-12)13(18)10-14(15)7-3-2-4-8-14/h12,16H,2-11,15H2,1H3. The minimum Gasteiger partial charge on any atom is -0.341 e. The second kappa shape index (κ2) is 6.62. The number of piperidine rings is 1. The molecule has 3 N–H and O–H groups in total. The minimum atomic E-state index is -3.22. The largest absolute Gasteiger partial charge is 0.341 e. The molecule has 1 aliphatic carbocycles. The molecule has 6 nitrogen and oxygen atoms in total. The zero-order chi connectivity index (χ0) is 15.5. The number of amides is 1. The number of hydrogen-bond acceptors (Lipinski definition) is 4. The fourth-order valence-corrected chi connectivity index (χ4v) is 4.25. The summed E-state index contributed by atoms with van der Waals surface area (Å²) in [6, 6.07) is -0.169. The molecule has 2 fully saturated rings. The molecule has 1 aliphatic heterocycles. The summed E-state index contributed by atoms with van der Waals surface area (Å²) >= 11 is 0. The molecule has 0 aromatic rings. The Morgan fingerprint density at radius 2 is 1.95 bits per heavy atom. The quantitative estimate of drug-likeness (QED) is 0.793. The van der Waals surface area contributed by atoms with Crippen LogP contribution in [0.1, 0.15) is 51.4 Å². The fourth-order valence-electron chi connectivity index (χ4n) is 3.45. The van der Waals surface area contributed by atoms with Crippen LogP contribution >= 0.6 is 0 Å². The van der Waals surface area contributed by atoms with Crippen molar-refractivity contribution in [3.63, 3.8) is 0 Å². The molecule has 2 rings (SSSR count). The maximum atomic E-state index is 12.5. The number of hydrogen-bond donors (Lipinski definition) is 2. The molecule has 7 heteroatoms. The van der Waals surface area contributed by atoms with Crippen LogP contribution in [0.25, 0.3) is 0 Å². The summed E-state index contributed by atoms with van der Waals surface area (Å²) in [5, 5.41) is 0. The first-order valence-electron chi connectivity index (χ1n) is 7.81. The Bertz CT molecular complexity index is 472. The van der Waals surface area contributed by atoms with Gasteiger partial charge in [-0.1, -0.05) is 19.3 Å². The van der Waals surface area contributed by atoms with Gasteiger partial charge in [-0.05, 0) is 25.7 Å². The van der Waals surface area contributed by atoms with Gasteiger partial charge >= 0.3 is 0 Å². The van der Waals surface area contributed by atoms with Gasteiger partial charge in [-0.2, -0.15) is 0 Å². The monoisotopic (exact) mass is 317 g/mol. The van der Waals surface area contributed by atoms with E-state index in [1.807, 2.05) is 0 Å². The topological polar surface area (TPSA) is 92.5 Å². The van der Waals surface area contributed by atoms with Crippen molar-refractivity contribution in [2.75, 3.05) is 19.3 Å². The van der Waals surface area contributed by atoms with Gasteiger partial charge in [-0.25, -0.2) is 13.1 Å². The second-order valence-corrected chi connectivity index (χ2v) is 8.45. The maximum absolute atomic E-state index is 12.5. The highest BCUT2D eigenvalue weighted by molar-refractivity contribution is 7.88. The van der Waals surface area contributed by atoms with E-state index in [1.165, 1.54) is 6.42 Å². The molecular formula is C14H27N3O3S. The molecular weight excluding hydrogens is 290 g/mol. The van der Waals surface area contributed by atoms with Crippen LogP contribution in [-0.2, 0) is 14.8 Å². The van der Waals surface area contributed by atoms with Crippen molar-refractivity contribution in [2.24, 2.45) is 5.73 Å². The van der Waals surface area contributed by atoms with Gasteiger partial charge in [0.15, 0.2) is 0 Å². The molecule has 1 saturated heterocycles. The smallest absolute Gasteiger partial charge is 0.224 e. The van der Waals surface area contributed by atoms with Crippen LogP contribution in [0.4, 0.5) is 0 Å². The maximum Gasteiger partial charge on any atom is 0.224 e. The van der Waals surface area contributed by atoms with Crippen molar-refractivity contribution < 1.29 is 13.2 Å². The summed E-state index contributed by atoms with van der Waals surface area (Å²) in [6.45, 7) is 1.17. The highest BCUT2D eigenvalue weighted by Gasteiger charge is 2.33. The fraction of sp³-hybridized carbons (Fsp3) is 0.929. The zero-order valence-corrected chi connectivity index (χ0v) is 13.6. The van der Waals surface area contributed by atoms with Crippen molar-refractivity contribution in [1.82, 2.24) is 9.62 Å². The van der Waals surface area contributed by atoms with Crippen LogP contribution < -0.4 is 10.5 Å². The van der Waals surface area contributed by atoms with Gasteiger partial charge in [-0.15, -0.1) is 0 Å². The number of likely N-dealkylation sites (tertiary alicyclic amines) is 1.